The molecule has 0 aliphatic rings. The van der Waals surface area contributed by atoms with Crippen LogP contribution in [-0.2, 0) is 0 Å². The SMILES string of the molecule is Cl.Cl.Cl.Cl.NCC(CN)(CN)CN. The quantitative estimate of drug-likeness (QED) is 0.556. The Labute approximate surface area is 104 Å². The van der Waals surface area contributed by atoms with Crippen molar-refractivity contribution in [3.63, 3.8) is 0 Å². The summed E-state index contributed by atoms with van der Waals surface area (Å²) in [5, 5.41) is 0. The molecule has 0 atom stereocenters. The molecule has 4 nitrogen and oxygen atoms in total. The molecule has 0 spiro atoms. The minimum atomic E-state index is -0.222. The van der Waals surface area contributed by atoms with Gasteiger partial charge in [0.1, 0.15) is 0 Å². The van der Waals surface area contributed by atoms with E-state index in [1.165, 1.54) is 0 Å². The molecule has 0 heterocycles. The summed E-state index contributed by atoms with van der Waals surface area (Å²) < 4.78 is 0. The molecule has 8 N–H and O–H groups in total. The van der Waals surface area contributed by atoms with Gasteiger partial charge in [0.15, 0.2) is 0 Å². The van der Waals surface area contributed by atoms with Crippen LogP contribution in [0.5, 0.6) is 0 Å². The fourth-order valence-corrected chi connectivity index (χ4v) is 0.500. The summed E-state index contributed by atoms with van der Waals surface area (Å²) in [6, 6.07) is 0. The first-order valence-corrected chi connectivity index (χ1v) is 3.05. The minimum Gasteiger partial charge on any atom is -0.330 e. The van der Waals surface area contributed by atoms with Crippen molar-refractivity contribution < 1.29 is 0 Å². The highest BCUT2D eigenvalue weighted by Gasteiger charge is 2.22. The van der Waals surface area contributed by atoms with Crippen LogP contribution in [0.4, 0.5) is 0 Å². The normalized spacial score (nSPS) is 8.31. The second-order valence-corrected chi connectivity index (χ2v) is 2.32. The lowest BCUT2D eigenvalue weighted by Crippen LogP contribution is -2.49. The van der Waals surface area contributed by atoms with Gasteiger partial charge in [0, 0.05) is 31.6 Å². The predicted molar refractivity (Wildman–Crippen MR) is 67.6 cm³/mol. The van der Waals surface area contributed by atoms with E-state index in [0.29, 0.717) is 26.2 Å². The van der Waals surface area contributed by atoms with Crippen molar-refractivity contribution in [1.29, 1.82) is 0 Å². The van der Waals surface area contributed by atoms with E-state index in [4.69, 9.17) is 22.9 Å². The van der Waals surface area contributed by atoms with Crippen molar-refractivity contribution in [2.75, 3.05) is 26.2 Å². The average Bonchev–Trinajstić information content (AvgIpc) is 1.95. The molecule has 0 amide bonds. The third-order valence-electron chi connectivity index (χ3n) is 1.73. The number of nitrogens with two attached hydrogens (primary N) is 4. The average molecular weight is 278 g/mol. The third kappa shape index (κ3) is 9.31. The summed E-state index contributed by atoms with van der Waals surface area (Å²) in [6.45, 7) is 1.88. The number of hydrogen-bond acceptors (Lipinski definition) is 4. The van der Waals surface area contributed by atoms with Gasteiger partial charge in [0.05, 0.1) is 0 Å². The van der Waals surface area contributed by atoms with Crippen molar-refractivity contribution in [2.45, 2.75) is 0 Å². The second-order valence-electron chi connectivity index (χ2n) is 2.32. The topological polar surface area (TPSA) is 104 Å². The maximum atomic E-state index is 5.40. The first-order chi connectivity index (χ1) is 4.24. The van der Waals surface area contributed by atoms with Crippen LogP contribution in [0.25, 0.3) is 0 Å². The van der Waals surface area contributed by atoms with E-state index in [0.717, 1.165) is 0 Å². The summed E-state index contributed by atoms with van der Waals surface area (Å²) in [4.78, 5) is 0. The van der Waals surface area contributed by atoms with Gasteiger partial charge in [-0.3, -0.25) is 0 Å². The van der Waals surface area contributed by atoms with E-state index < -0.39 is 0 Å². The Hall–Kier alpha value is 1.000. The minimum absolute atomic E-state index is 0. The van der Waals surface area contributed by atoms with E-state index in [2.05, 4.69) is 0 Å². The molecule has 0 aliphatic heterocycles. The summed E-state index contributed by atoms with van der Waals surface area (Å²) >= 11 is 0. The van der Waals surface area contributed by atoms with Crippen LogP contribution in [0.1, 0.15) is 0 Å². The van der Waals surface area contributed by atoms with Crippen LogP contribution in [0.15, 0.2) is 0 Å². The summed E-state index contributed by atoms with van der Waals surface area (Å²) in [6.07, 6.45) is 0. The maximum Gasteiger partial charge on any atom is 0.0193 e. The van der Waals surface area contributed by atoms with Gasteiger partial charge in [-0.25, -0.2) is 0 Å². The smallest absolute Gasteiger partial charge is 0.0193 e. The highest BCUT2D eigenvalue weighted by atomic mass is 35.5. The van der Waals surface area contributed by atoms with Crippen molar-refractivity contribution >= 4 is 49.6 Å². The van der Waals surface area contributed by atoms with Gasteiger partial charge in [0.2, 0.25) is 0 Å². The van der Waals surface area contributed by atoms with Crippen molar-refractivity contribution in [1.82, 2.24) is 0 Å². The fraction of sp³-hybridized carbons (Fsp3) is 1.00. The molecule has 0 aromatic carbocycles. The van der Waals surface area contributed by atoms with Crippen LogP contribution in [0, 0.1) is 5.41 Å². The maximum absolute atomic E-state index is 5.40. The zero-order valence-electron chi connectivity index (χ0n) is 7.27. The van der Waals surface area contributed by atoms with Gasteiger partial charge in [-0.2, -0.15) is 0 Å². The molecule has 0 rings (SSSR count). The van der Waals surface area contributed by atoms with Crippen LogP contribution >= 0.6 is 49.6 Å². The van der Waals surface area contributed by atoms with Crippen LogP contribution in [0.2, 0.25) is 0 Å². The molecule has 0 fully saturated rings. The molecular formula is C5H20Cl4N4. The van der Waals surface area contributed by atoms with Gasteiger partial charge >= 0.3 is 0 Å². The lowest BCUT2D eigenvalue weighted by atomic mass is 9.89. The number of halogens is 4. The van der Waals surface area contributed by atoms with E-state index in [-0.39, 0.29) is 55.0 Å². The summed E-state index contributed by atoms with van der Waals surface area (Å²) in [5.41, 5.74) is 21.4. The molecule has 0 radical (unpaired) electrons. The molecule has 0 unspecified atom stereocenters. The summed E-state index contributed by atoms with van der Waals surface area (Å²) in [5.74, 6) is 0. The Kier molecular flexibility index (Phi) is 34.8. The zero-order chi connectivity index (χ0) is 7.33. The molecule has 0 saturated heterocycles. The lowest BCUT2D eigenvalue weighted by Gasteiger charge is -2.26. The molecule has 0 aliphatic carbocycles. The highest BCUT2D eigenvalue weighted by molar-refractivity contribution is 5.86. The Morgan fingerprint density at radius 1 is 0.538 bits per heavy atom. The third-order valence-corrected chi connectivity index (χ3v) is 1.73. The predicted octanol–water partition coefficient (Wildman–Crippen LogP) is -0.505. The fourth-order valence-electron chi connectivity index (χ4n) is 0.500. The molecular weight excluding hydrogens is 258 g/mol. The van der Waals surface area contributed by atoms with Gasteiger partial charge in [-0.15, -0.1) is 49.6 Å². The standard InChI is InChI=1S/C5H16N4.4ClH/c6-1-5(2-7,3-8)4-9;;;;/h1-4,6-9H2;4*1H. The van der Waals surface area contributed by atoms with Crippen LogP contribution < -0.4 is 22.9 Å². The first-order valence-electron chi connectivity index (χ1n) is 3.05. The van der Waals surface area contributed by atoms with Crippen molar-refractivity contribution in [3.8, 4) is 0 Å². The Balaban J connectivity index is -0.0000000533. The Bertz CT molecular complexity index is 63.4. The lowest BCUT2D eigenvalue weighted by molar-refractivity contribution is 0.333. The molecule has 0 aromatic rings. The largest absolute Gasteiger partial charge is 0.330 e. The zero-order valence-corrected chi connectivity index (χ0v) is 10.5. The Morgan fingerprint density at radius 3 is 0.692 bits per heavy atom. The van der Waals surface area contributed by atoms with Gasteiger partial charge < -0.3 is 22.9 Å². The van der Waals surface area contributed by atoms with Crippen LogP contribution in [-0.4, -0.2) is 26.2 Å². The number of rotatable bonds is 4. The van der Waals surface area contributed by atoms with Crippen LogP contribution in [0.3, 0.4) is 0 Å². The van der Waals surface area contributed by atoms with Gasteiger partial charge in [-0.05, 0) is 0 Å². The molecule has 88 valence electrons. The van der Waals surface area contributed by atoms with E-state index in [9.17, 15) is 0 Å². The van der Waals surface area contributed by atoms with E-state index in [1.54, 1.807) is 0 Å². The van der Waals surface area contributed by atoms with E-state index >= 15 is 0 Å². The van der Waals surface area contributed by atoms with Crippen molar-refractivity contribution in [3.05, 3.63) is 0 Å². The molecule has 0 saturated carbocycles. The molecule has 0 bridgehead atoms. The monoisotopic (exact) mass is 276 g/mol. The molecule has 8 heteroatoms. The van der Waals surface area contributed by atoms with Gasteiger partial charge in [-0.1, -0.05) is 0 Å². The first kappa shape index (κ1) is 29.2. The summed E-state index contributed by atoms with van der Waals surface area (Å²) in [7, 11) is 0. The van der Waals surface area contributed by atoms with E-state index in [1.807, 2.05) is 0 Å². The van der Waals surface area contributed by atoms with Gasteiger partial charge in [0.25, 0.3) is 0 Å². The Morgan fingerprint density at radius 2 is 0.692 bits per heavy atom. The molecule has 13 heavy (non-hydrogen) atoms. The second kappa shape index (κ2) is 15.5. The highest BCUT2D eigenvalue weighted by Crippen LogP contribution is 2.06. The van der Waals surface area contributed by atoms with Crippen molar-refractivity contribution in [2.24, 2.45) is 28.3 Å². The molecule has 0 aromatic heterocycles. The number of hydrogen-bond donors (Lipinski definition) is 4.